The number of hydrogen-bond donors (Lipinski definition) is 2. The number of hydrogen-bond acceptors (Lipinski definition) is 6. The Labute approximate surface area is 126 Å². The number of nitrogens with one attached hydrogen (secondary N) is 2. The smallest absolute Gasteiger partial charge is 0.203 e. The molecular formula is C15H26N2O4. The van der Waals surface area contributed by atoms with Gasteiger partial charge in [0.05, 0.1) is 27.9 Å². The summed E-state index contributed by atoms with van der Waals surface area (Å²) in [6, 6.07) is 3.90. The first-order valence-corrected chi connectivity index (χ1v) is 6.96. The first-order chi connectivity index (χ1) is 10.3. The lowest BCUT2D eigenvalue weighted by atomic mass is 10.2. The standard InChI is InChI=1S/C15H26N2O4/c1-18-8-7-16-5-6-17-11-12-9-13(19-2)15(21-4)14(10-12)20-3/h9-10,16-17H,5-8,11H2,1-4H3. The lowest BCUT2D eigenvalue weighted by Crippen LogP contribution is -2.29. The highest BCUT2D eigenvalue weighted by Gasteiger charge is 2.12. The molecule has 0 aliphatic rings. The Morgan fingerprint density at radius 3 is 1.95 bits per heavy atom. The van der Waals surface area contributed by atoms with Crippen molar-refractivity contribution >= 4 is 0 Å². The van der Waals surface area contributed by atoms with Crippen molar-refractivity contribution in [2.75, 3.05) is 54.7 Å². The zero-order valence-electron chi connectivity index (χ0n) is 13.3. The van der Waals surface area contributed by atoms with E-state index >= 15 is 0 Å². The summed E-state index contributed by atoms with van der Waals surface area (Å²) >= 11 is 0. The molecule has 0 aromatic heterocycles. The molecule has 6 heteroatoms. The molecule has 0 unspecified atom stereocenters. The van der Waals surface area contributed by atoms with Gasteiger partial charge in [0, 0.05) is 33.3 Å². The van der Waals surface area contributed by atoms with Gasteiger partial charge in [0.25, 0.3) is 0 Å². The minimum absolute atomic E-state index is 0.616. The van der Waals surface area contributed by atoms with Crippen LogP contribution in [-0.2, 0) is 11.3 Å². The van der Waals surface area contributed by atoms with E-state index in [0.717, 1.165) is 38.3 Å². The van der Waals surface area contributed by atoms with E-state index in [0.29, 0.717) is 17.2 Å². The Balaban J connectivity index is 2.48. The summed E-state index contributed by atoms with van der Waals surface area (Å²) in [6.07, 6.45) is 0. The van der Waals surface area contributed by atoms with Gasteiger partial charge in [-0.1, -0.05) is 0 Å². The van der Waals surface area contributed by atoms with Crippen molar-refractivity contribution < 1.29 is 18.9 Å². The van der Waals surface area contributed by atoms with Crippen LogP contribution >= 0.6 is 0 Å². The van der Waals surface area contributed by atoms with Crippen LogP contribution in [0.15, 0.2) is 12.1 Å². The van der Waals surface area contributed by atoms with Gasteiger partial charge in [-0.15, -0.1) is 0 Å². The molecule has 0 fully saturated rings. The molecule has 0 amide bonds. The highest BCUT2D eigenvalue weighted by Crippen LogP contribution is 2.38. The fourth-order valence-corrected chi connectivity index (χ4v) is 1.95. The summed E-state index contributed by atoms with van der Waals surface area (Å²) in [5, 5.41) is 6.64. The number of benzene rings is 1. The summed E-state index contributed by atoms with van der Waals surface area (Å²) in [5.41, 5.74) is 1.08. The van der Waals surface area contributed by atoms with Gasteiger partial charge in [-0.25, -0.2) is 0 Å². The van der Waals surface area contributed by atoms with Crippen molar-refractivity contribution in [2.45, 2.75) is 6.54 Å². The predicted octanol–water partition coefficient (Wildman–Crippen LogP) is 1.04. The molecule has 1 aromatic rings. The van der Waals surface area contributed by atoms with Crippen molar-refractivity contribution in [1.82, 2.24) is 10.6 Å². The summed E-state index contributed by atoms with van der Waals surface area (Å²) in [7, 11) is 6.54. The maximum atomic E-state index is 5.33. The normalized spacial score (nSPS) is 10.5. The van der Waals surface area contributed by atoms with Crippen molar-refractivity contribution in [2.24, 2.45) is 0 Å². The van der Waals surface area contributed by atoms with Gasteiger partial charge in [0.15, 0.2) is 11.5 Å². The molecule has 120 valence electrons. The molecule has 1 rings (SSSR count). The van der Waals surface area contributed by atoms with Crippen LogP contribution in [0.5, 0.6) is 17.2 Å². The molecule has 0 aliphatic carbocycles. The Morgan fingerprint density at radius 2 is 1.43 bits per heavy atom. The van der Waals surface area contributed by atoms with Crippen LogP contribution in [0.25, 0.3) is 0 Å². The van der Waals surface area contributed by atoms with Crippen molar-refractivity contribution in [3.63, 3.8) is 0 Å². The molecule has 0 aliphatic heterocycles. The van der Waals surface area contributed by atoms with E-state index in [4.69, 9.17) is 18.9 Å². The van der Waals surface area contributed by atoms with Crippen LogP contribution in [0.3, 0.4) is 0 Å². The summed E-state index contributed by atoms with van der Waals surface area (Å²) in [4.78, 5) is 0. The van der Waals surface area contributed by atoms with E-state index in [9.17, 15) is 0 Å². The van der Waals surface area contributed by atoms with E-state index in [1.54, 1.807) is 28.4 Å². The second kappa shape index (κ2) is 10.3. The minimum Gasteiger partial charge on any atom is -0.493 e. The molecule has 0 spiro atoms. The van der Waals surface area contributed by atoms with E-state index in [1.807, 2.05) is 12.1 Å². The third kappa shape index (κ3) is 5.79. The Hall–Kier alpha value is -1.50. The average molecular weight is 298 g/mol. The molecule has 0 saturated carbocycles. The van der Waals surface area contributed by atoms with E-state index in [1.165, 1.54) is 0 Å². The van der Waals surface area contributed by atoms with Gasteiger partial charge >= 0.3 is 0 Å². The second-order valence-electron chi connectivity index (χ2n) is 4.45. The van der Waals surface area contributed by atoms with Gasteiger partial charge in [0.2, 0.25) is 5.75 Å². The van der Waals surface area contributed by atoms with Crippen LogP contribution < -0.4 is 24.8 Å². The molecule has 0 saturated heterocycles. The third-order valence-corrected chi connectivity index (χ3v) is 3.02. The largest absolute Gasteiger partial charge is 0.493 e. The lowest BCUT2D eigenvalue weighted by Gasteiger charge is -2.14. The average Bonchev–Trinajstić information content (AvgIpc) is 2.52. The Morgan fingerprint density at radius 1 is 0.810 bits per heavy atom. The molecule has 1 aromatic carbocycles. The summed E-state index contributed by atoms with van der Waals surface area (Å²) in [6.45, 7) is 4.10. The Bertz CT molecular complexity index is 388. The monoisotopic (exact) mass is 298 g/mol. The zero-order chi connectivity index (χ0) is 15.5. The quantitative estimate of drug-likeness (QED) is 0.595. The van der Waals surface area contributed by atoms with Crippen LogP contribution in [0, 0.1) is 0 Å². The van der Waals surface area contributed by atoms with Crippen molar-refractivity contribution in [1.29, 1.82) is 0 Å². The predicted molar refractivity (Wildman–Crippen MR) is 82.6 cm³/mol. The lowest BCUT2D eigenvalue weighted by molar-refractivity contribution is 0.199. The molecule has 0 heterocycles. The fraction of sp³-hybridized carbons (Fsp3) is 0.600. The number of rotatable bonds is 11. The van der Waals surface area contributed by atoms with Crippen molar-refractivity contribution in [3.05, 3.63) is 17.7 Å². The van der Waals surface area contributed by atoms with E-state index in [2.05, 4.69) is 10.6 Å². The topological polar surface area (TPSA) is 61.0 Å². The maximum Gasteiger partial charge on any atom is 0.203 e. The van der Waals surface area contributed by atoms with Gasteiger partial charge in [0.1, 0.15) is 0 Å². The van der Waals surface area contributed by atoms with E-state index in [-0.39, 0.29) is 0 Å². The first-order valence-electron chi connectivity index (χ1n) is 6.96. The molecule has 6 nitrogen and oxygen atoms in total. The molecule has 0 radical (unpaired) electrons. The SMILES string of the molecule is COCCNCCNCc1cc(OC)c(OC)c(OC)c1. The van der Waals surface area contributed by atoms with Gasteiger partial charge in [-0.3, -0.25) is 0 Å². The molecule has 0 bridgehead atoms. The van der Waals surface area contributed by atoms with E-state index < -0.39 is 0 Å². The summed E-state index contributed by atoms with van der Waals surface area (Å²) < 4.78 is 20.9. The fourth-order valence-electron chi connectivity index (χ4n) is 1.95. The summed E-state index contributed by atoms with van der Waals surface area (Å²) in [5.74, 6) is 1.96. The Kier molecular flexibility index (Phi) is 8.57. The van der Waals surface area contributed by atoms with Crippen LogP contribution in [0.4, 0.5) is 0 Å². The maximum absolute atomic E-state index is 5.33. The van der Waals surface area contributed by atoms with Crippen molar-refractivity contribution in [3.8, 4) is 17.2 Å². The van der Waals surface area contributed by atoms with Gasteiger partial charge in [-0.2, -0.15) is 0 Å². The highest BCUT2D eigenvalue weighted by atomic mass is 16.5. The number of methoxy groups -OCH3 is 4. The van der Waals surface area contributed by atoms with Crippen LogP contribution in [0.2, 0.25) is 0 Å². The molecule has 2 N–H and O–H groups in total. The highest BCUT2D eigenvalue weighted by molar-refractivity contribution is 5.53. The van der Waals surface area contributed by atoms with Crippen LogP contribution in [0.1, 0.15) is 5.56 Å². The van der Waals surface area contributed by atoms with Gasteiger partial charge in [-0.05, 0) is 17.7 Å². The van der Waals surface area contributed by atoms with Gasteiger partial charge < -0.3 is 29.6 Å². The second-order valence-corrected chi connectivity index (χ2v) is 4.45. The molecule has 21 heavy (non-hydrogen) atoms. The molecular weight excluding hydrogens is 272 g/mol. The molecule has 0 atom stereocenters. The first kappa shape index (κ1) is 17.6. The number of ether oxygens (including phenoxy) is 4. The zero-order valence-corrected chi connectivity index (χ0v) is 13.3. The van der Waals surface area contributed by atoms with Crippen LogP contribution in [-0.4, -0.2) is 54.7 Å². The minimum atomic E-state index is 0.616. The third-order valence-electron chi connectivity index (χ3n) is 3.02.